The van der Waals surface area contributed by atoms with Crippen molar-refractivity contribution in [1.29, 1.82) is 0 Å². The van der Waals surface area contributed by atoms with E-state index in [2.05, 4.69) is 21.2 Å². The summed E-state index contributed by atoms with van der Waals surface area (Å²) in [5.74, 6) is -0.824. The van der Waals surface area contributed by atoms with E-state index in [4.69, 9.17) is 10.5 Å². The third kappa shape index (κ3) is 3.85. The molecule has 0 saturated heterocycles. The molecule has 0 saturated carbocycles. The number of halogens is 3. The molecule has 0 amide bonds. The molecule has 2 aromatic rings. The molecule has 0 aliphatic carbocycles. The van der Waals surface area contributed by atoms with E-state index in [1.807, 2.05) is 13.8 Å². The van der Waals surface area contributed by atoms with Gasteiger partial charge in [-0.1, -0.05) is 0 Å². The van der Waals surface area contributed by atoms with Crippen LogP contribution in [0.2, 0.25) is 0 Å². The molecule has 0 bridgehead atoms. The van der Waals surface area contributed by atoms with Gasteiger partial charge >= 0.3 is 0 Å². The van der Waals surface area contributed by atoms with Gasteiger partial charge in [-0.15, -0.1) is 0 Å². The summed E-state index contributed by atoms with van der Waals surface area (Å²) in [5.41, 5.74) is 7.07. The van der Waals surface area contributed by atoms with Crippen LogP contribution in [-0.4, -0.2) is 6.10 Å². The quantitative estimate of drug-likeness (QED) is 0.608. The van der Waals surface area contributed by atoms with Crippen LogP contribution in [0, 0.1) is 11.6 Å². The first kappa shape index (κ1) is 15.6. The number of hydrogen-bond donors (Lipinski definition) is 2. The number of nitrogen functional groups attached to an aromatic ring is 1. The summed E-state index contributed by atoms with van der Waals surface area (Å²) in [6.45, 7) is 3.77. The number of nitrogens with two attached hydrogens (primary N) is 1. The average molecular weight is 357 g/mol. The highest BCUT2D eigenvalue weighted by Crippen LogP contribution is 2.30. The van der Waals surface area contributed by atoms with E-state index in [0.717, 1.165) is 6.07 Å². The van der Waals surface area contributed by atoms with Crippen molar-refractivity contribution in [2.45, 2.75) is 20.0 Å². The molecule has 2 rings (SSSR count). The van der Waals surface area contributed by atoms with Gasteiger partial charge in [0, 0.05) is 17.8 Å². The molecule has 0 heterocycles. The molecule has 6 heteroatoms. The zero-order valence-electron chi connectivity index (χ0n) is 11.6. The second kappa shape index (κ2) is 6.30. The largest absolute Gasteiger partial charge is 0.489 e. The van der Waals surface area contributed by atoms with E-state index in [1.54, 1.807) is 18.2 Å². The fourth-order valence-electron chi connectivity index (χ4n) is 1.74. The Morgan fingerprint density at radius 1 is 1.14 bits per heavy atom. The van der Waals surface area contributed by atoms with Gasteiger partial charge in [-0.3, -0.25) is 0 Å². The lowest BCUT2D eigenvalue weighted by Gasteiger charge is -2.15. The maximum absolute atomic E-state index is 13.7. The van der Waals surface area contributed by atoms with E-state index in [9.17, 15) is 8.78 Å². The molecule has 0 radical (unpaired) electrons. The summed E-state index contributed by atoms with van der Waals surface area (Å²) >= 11 is 3.03. The highest BCUT2D eigenvalue weighted by atomic mass is 79.9. The van der Waals surface area contributed by atoms with Crippen molar-refractivity contribution in [2.24, 2.45) is 0 Å². The minimum absolute atomic E-state index is 0.0285. The van der Waals surface area contributed by atoms with Crippen molar-refractivity contribution >= 4 is 33.0 Å². The number of benzene rings is 2. The number of nitrogens with one attached hydrogen (secondary N) is 1. The number of rotatable bonds is 4. The van der Waals surface area contributed by atoms with Crippen LogP contribution < -0.4 is 15.8 Å². The zero-order valence-corrected chi connectivity index (χ0v) is 13.2. The Bertz CT molecular complexity index is 662. The maximum Gasteiger partial charge on any atom is 0.149 e. The molecule has 112 valence electrons. The number of anilines is 3. The van der Waals surface area contributed by atoms with Crippen LogP contribution in [0.4, 0.5) is 25.8 Å². The molecule has 3 nitrogen and oxygen atoms in total. The Hall–Kier alpha value is -1.82. The third-order valence-corrected chi connectivity index (χ3v) is 3.27. The normalized spacial score (nSPS) is 10.8. The fourth-order valence-corrected chi connectivity index (χ4v) is 2.09. The van der Waals surface area contributed by atoms with Crippen molar-refractivity contribution in [3.8, 4) is 5.75 Å². The lowest BCUT2D eigenvalue weighted by Crippen LogP contribution is -2.07. The smallest absolute Gasteiger partial charge is 0.149 e. The number of ether oxygens (including phenoxy) is 1. The second-order valence-electron chi connectivity index (χ2n) is 4.79. The topological polar surface area (TPSA) is 47.3 Å². The summed E-state index contributed by atoms with van der Waals surface area (Å²) < 4.78 is 32.7. The lowest BCUT2D eigenvalue weighted by molar-refractivity contribution is 0.244. The molecule has 0 aliphatic heterocycles. The van der Waals surface area contributed by atoms with Crippen LogP contribution in [-0.2, 0) is 0 Å². The second-order valence-corrected chi connectivity index (χ2v) is 5.64. The van der Waals surface area contributed by atoms with Crippen molar-refractivity contribution in [1.82, 2.24) is 0 Å². The lowest BCUT2D eigenvalue weighted by atomic mass is 10.2. The molecule has 0 fully saturated rings. The van der Waals surface area contributed by atoms with Gasteiger partial charge in [0.05, 0.1) is 22.0 Å². The van der Waals surface area contributed by atoms with Crippen LogP contribution in [0.5, 0.6) is 5.75 Å². The first-order chi connectivity index (χ1) is 9.86. The van der Waals surface area contributed by atoms with E-state index in [0.29, 0.717) is 17.1 Å². The Balaban J connectivity index is 2.30. The molecule has 0 aliphatic rings. The van der Waals surface area contributed by atoms with Crippen LogP contribution in [0.3, 0.4) is 0 Å². The average Bonchev–Trinajstić information content (AvgIpc) is 2.39. The first-order valence-electron chi connectivity index (χ1n) is 6.34. The summed E-state index contributed by atoms with van der Waals surface area (Å²) in [5, 5.41) is 2.87. The third-order valence-electron chi connectivity index (χ3n) is 2.67. The van der Waals surface area contributed by atoms with Gasteiger partial charge in [-0.2, -0.15) is 0 Å². The molecule has 0 spiro atoms. The standard InChI is InChI=1S/C15H15BrF2N2O/c1-8(2)21-15-5-9(3-4-13(15)19)20-14-6-10(16)11(17)7-12(14)18/h3-8,20H,19H2,1-2H3. The van der Waals surface area contributed by atoms with Crippen molar-refractivity contribution in [2.75, 3.05) is 11.1 Å². The predicted octanol–water partition coefficient (Wildman–Crippen LogP) is 4.84. The van der Waals surface area contributed by atoms with Crippen LogP contribution in [0.1, 0.15) is 13.8 Å². The van der Waals surface area contributed by atoms with Gasteiger partial charge in [0.15, 0.2) is 0 Å². The number of hydrogen-bond acceptors (Lipinski definition) is 3. The van der Waals surface area contributed by atoms with Crippen LogP contribution >= 0.6 is 15.9 Å². The van der Waals surface area contributed by atoms with Crippen molar-refractivity contribution in [3.63, 3.8) is 0 Å². The van der Waals surface area contributed by atoms with Crippen LogP contribution in [0.15, 0.2) is 34.8 Å². The highest BCUT2D eigenvalue weighted by Gasteiger charge is 2.10. The minimum Gasteiger partial charge on any atom is -0.489 e. The molecular weight excluding hydrogens is 342 g/mol. The van der Waals surface area contributed by atoms with Gasteiger partial charge in [0.1, 0.15) is 17.4 Å². The summed E-state index contributed by atoms with van der Waals surface area (Å²) in [6, 6.07) is 7.18. The Kier molecular flexibility index (Phi) is 4.67. The van der Waals surface area contributed by atoms with E-state index >= 15 is 0 Å². The molecule has 0 unspecified atom stereocenters. The Morgan fingerprint density at radius 2 is 1.86 bits per heavy atom. The molecule has 2 aromatic carbocycles. The molecule has 21 heavy (non-hydrogen) atoms. The monoisotopic (exact) mass is 356 g/mol. The van der Waals surface area contributed by atoms with Crippen molar-refractivity contribution < 1.29 is 13.5 Å². The molecule has 0 aromatic heterocycles. The summed E-state index contributed by atoms with van der Waals surface area (Å²) in [6.07, 6.45) is -0.0285. The fraction of sp³-hybridized carbons (Fsp3) is 0.200. The highest BCUT2D eigenvalue weighted by molar-refractivity contribution is 9.10. The Labute approximate surface area is 130 Å². The summed E-state index contributed by atoms with van der Waals surface area (Å²) in [4.78, 5) is 0. The van der Waals surface area contributed by atoms with E-state index in [1.165, 1.54) is 6.07 Å². The van der Waals surface area contributed by atoms with Gasteiger partial charge in [0.25, 0.3) is 0 Å². The summed E-state index contributed by atoms with van der Waals surface area (Å²) in [7, 11) is 0. The van der Waals surface area contributed by atoms with Gasteiger partial charge in [-0.05, 0) is 48.0 Å². The molecule has 3 N–H and O–H groups in total. The predicted molar refractivity (Wildman–Crippen MR) is 84.0 cm³/mol. The SMILES string of the molecule is CC(C)Oc1cc(Nc2cc(Br)c(F)cc2F)ccc1N. The minimum atomic E-state index is -0.682. The van der Waals surface area contributed by atoms with E-state index in [-0.39, 0.29) is 16.3 Å². The Morgan fingerprint density at radius 3 is 2.52 bits per heavy atom. The van der Waals surface area contributed by atoms with Gasteiger partial charge in [0.2, 0.25) is 0 Å². The van der Waals surface area contributed by atoms with E-state index < -0.39 is 11.6 Å². The maximum atomic E-state index is 13.7. The zero-order chi connectivity index (χ0) is 15.6. The first-order valence-corrected chi connectivity index (χ1v) is 7.14. The van der Waals surface area contributed by atoms with Crippen molar-refractivity contribution in [3.05, 3.63) is 46.4 Å². The molecular formula is C15H15BrF2N2O. The van der Waals surface area contributed by atoms with Gasteiger partial charge < -0.3 is 15.8 Å². The van der Waals surface area contributed by atoms with Crippen LogP contribution in [0.25, 0.3) is 0 Å². The van der Waals surface area contributed by atoms with Gasteiger partial charge in [-0.25, -0.2) is 8.78 Å². The molecule has 0 atom stereocenters.